The van der Waals surface area contributed by atoms with Crippen molar-refractivity contribution in [2.24, 2.45) is 5.92 Å². The molecule has 2 rings (SSSR count). The average Bonchev–Trinajstić information content (AvgIpc) is 2.85. The Morgan fingerprint density at radius 2 is 0.816 bits per heavy atom. The van der Waals surface area contributed by atoms with Gasteiger partial charge in [0.2, 0.25) is 0 Å². The number of aromatic hydroxyl groups is 2. The van der Waals surface area contributed by atoms with Crippen LogP contribution in [0.5, 0.6) is 11.5 Å². The molecule has 2 heteroatoms. The van der Waals surface area contributed by atoms with Crippen LogP contribution in [0.2, 0.25) is 0 Å². The van der Waals surface area contributed by atoms with Crippen molar-refractivity contribution in [2.45, 2.75) is 150 Å². The molecule has 0 aliphatic heterocycles. The lowest BCUT2D eigenvalue weighted by molar-refractivity contribution is 0.398. The molecule has 0 saturated heterocycles. The number of phenols is 2. The van der Waals surface area contributed by atoms with E-state index in [9.17, 15) is 10.2 Å². The maximum atomic E-state index is 12.0. The van der Waals surface area contributed by atoms with Crippen LogP contribution in [0.4, 0.5) is 0 Å². The molecule has 2 nitrogen and oxygen atoms in total. The molecule has 0 unspecified atom stereocenters. The first-order chi connectivity index (χ1) is 17.3. The summed E-state index contributed by atoms with van der Waals surface area (Å²) in [7, 11) is 0. The van der Waals surface area contributed by atoms with Crippen molar-refractivity contribution in [3.63, 3.8) is 0 Å². The van der Waals surface area contributed by atoms with E-state index in [0.29, 0.717) is 11.5 Å². The number of rotatable bonds is 11. The molecule has 0 spiro atoms. The molecule has 38 heavy (non-hydrogen) atoms. The third-order valence-electron chi connectivity index (χ3n) is 10.2. The third kappa shape index (κ3) is 6.10. The fraction of sp³-hybridized carbons (Fsp3) is 0.667. The Labute approximate surface area is 235 Å². The second kappa shape index (κ2) is 11.3. The van der Waals surface area contributed by atoms with Crippen LogP contribution in [-0.4, -0.2) is 10.2 Å². The van der Waals surface area contributed by atoms with Crippen molar-refractivity contribution in [1.82, 2.24) is 0 Å². The van der Waals surface area contributed by atoms with E-state index in [1.54, 1.807) is 0 Å². The largest absolute Gasteiger partial charge is 0.507 e. The Bertz CT molecular complexity index is 1030. The first-order valence-corrected chi connectivity index (χ1v) is 15.1. The van der Waals surface area contributed by atoms with E-state index in [1.165, 1.54) is 11.1 Å². The molecule has 0 aromatic heterocycles. The lowest BCUT2D eigenvalue weighted by atomic mass is 9.70. The molecule has 0 bridgehead atoms. The highest BCUT2D eigenvalue weighted by molar-refractivity contribution is 5.58. The fourth-order valence-corrected chi connectivity index (χ4v) is 5.28. The number of hydrogen-bond acceptors (Lipinski definition) is 2. The molecular weight excluding hydrogens is 464 g/mol. The van der Waals surface area contributed by atoms with Gasteiger partial charge in [-0.1, -0.05) is 121 Å². The Hall–Kier alpha value is -1.96. The van der Waals surface area contributed by atoms with Crippen molar-refractivity contribution in [1.29, 1.82) is 0 Å². The molecule has 0 saturated carbocycles. The Kier molecular flexibility index (Phi) is 9.56. The van der Waals surface area contributed by atoms with Crippen LogP contribution < -0.4 is 0 Å². The smallest absolute Gasteiger partial charge is 0.123 e. The molecule has 2 N–H and O–H groups in total. The molecule has 0 radical (unpaired) electrons. The molecule has 0 heterocycles. The highest BCUT2D eigenvalue weighted by Gasteiger charge is 2.35. The van der Waals surface area contributed by atoms with Crippen LogP contribution >= 0.6 is 0 Å². The van der Waals surface area contributed by atoms with E-state index >= 15 is 0 Å². The average molecular weight is 523 g/mol. The van der Waals surface area contributed by atoms with Crippen molar-refractivity contribution in [2.75, 3.05) is 0 Å². The van der Waals surface area contributed by atoms with Gasteiger partial charge in [-0.25, -0.2) is 0 Å². The van der Waals surface area contributed by atoms with Crippen molar-refractivity contribution < 1.29 is 10.2 Å². The zero-order valence-corrected chi connectivity index (χ0v) is 27.2. The van der Waals surface area contributed by atoms with Crippen LogP contribution in [-0.2, 0) is 21.7 Å². The molecule has 0 fully saturated rings. The second-order valence-electron chi connectivity index (χ2n) is 14.6. The van der Waals surface area contributed by atoms with E-state index in [4.69, 9.17) is 0 Å². The van der Waals surface area contributed by atoms with E-state index < -0.39 is 0 Å². The monoisotopic (exact) mass is 522 g/mol. The van der Waals surface area contributed by atoms with Gasteiger partial charge in [-0.15, -0.1) is 0 Å². The van der Waals surface area contributed by atoms with E-state index in [2.05, 4.69) is 121 Å². The summed E-state index contributed by atoms with van der Waals surface area (Å²) in [5, 5.41) is 23.9. The van der Waals surface area contributed by atoms with Crippen molar-refractivity contribution in [3.8, 4) is 11.5 Å². The van der Waals surface area contributed by atoms with Gasteiger partial charge in [0, 0.05) is 28.2 Å². The van der Waals surface area contributed by atoms with Gasteiger partial charge in [0.15, 0.2) is 0 Å². The first kappa shape index (κ1) is 32.3. The molecular formula is C36H58O2. The van der Waals surface area contributed by atoms with Crippen LogP contribution in [0, 0.1) is 5.92 Å². The minimum absolute atomic E-state index is 0.0218. The maximum Gasteiger partial charge on any atom is 0.123 e. The normalized spacial score (nSPS) is 13.6. The zero-order chi connectivity index (χ0) is 29.4. The molecule has 0 atom stereocenters. The minimum atomic E-state index is -0.163. The SMILES string of the molecule is CCC(C)(C)c1cc(C(c2cc(C(C)(C)CC)cc(C(C)(C)CC)c2O)C(C)C)c(O)c(C(C)(C)CC)c1. The standard InChI is InChI=1S/C36H58O2/c1-15-33(7,8)24-19-26(31(37)28(21-24)35(11,12)17-3)30(23(5)6)27-20-25(34(9,10)16-2)22-29(32(27)38)36(13,14)18-4/h19-23,30,37-38H,15-18H2,1-14H3. The predicted octanol–water partition coefficient (Wildman–Crippen LogP) is 10.6. The Balaban J connectivity index is 3.09. The summed E-state index contributed by atoms with van der Waals surface area (Å²) in [6, 6.07) is 8.96. The summed E-state index contributed by atoms with van der Waals surface area (Å²) in [4.78, 5) is 0. The van der Waals surface area contributed by atoms with Crippen LogP contribution in [0.3, 0.4) is 0 Å². The van der Waals surface area contributed by atoms with Gasteiger partial charge in [-0.2, -0.15) is 0 Å². The maximum absolute atomic E-state index is 12.0. The minimum Gasteiger partial charge on any atom is -0.507 e. The highest BCUT2D eigenvalue weighted by Crippen LogP contribution is 2.50. The van der Waals surface area contributed by atoms with Crippen LogP contribution in [0.25, 0.3) is 0 Å². The molecule has 0 aliphatic rings. The molecule has 0 aliphatic carbocycles. The lowest BCUT2D eigenvalue weighted by Gasteiger charge is -2.35. The van der Waals surface area contributed by atoms with Gasteiger partial charge in [-0.05, 0) is 64.4 Å². The van der Waals surface area contributed by atoms with Gasteiger partial charge in [0.25, 0.3) is 0 Å². The molecule has 2 aromatic carbocycles. The predicted molar refractivity (Wildman–Crippen MR) is 166 cm³/mol. The lowest BCUT2D eigenvalue weighted by Crippen LogP contribution is -2.24. The first-order valence-electron chi connectivity index (χ1n) is 15.1. The van der Waals surface area contributed by atoms with Crippen LogP contribution in [0.1, 0.15) is 162 Å². The van der Waals surface area contributed by atoms with E-state index in [-0.39, 0.29) is 33.5 Å². The van der Waals surface area contributed by atoms with Gasteiger partial charge in [-0.3, -0.25) is 0 Å². The zero-order valence-electron chi connectivity index (χ0n) is 27.2. The topological polar surface area (TPSA) is 40.5 Å². The third-order valence-corrected chi connectivity index (χ3v) is 10.2. The molecule has 0 amide bonds. The molecule has 2 aromatic rings. The van der Waals surface area contributed by atoms with Gasteiger partial charge < -0.3 is 10.2 Å². The van der Waals surface area contributed by atoms with E-state index in [0.717, 1.165) is 47.9 Å². The summed E-state index contributed by atoms with van der Waals surface area (Å²) in [5.41, 5.74) is 6.06. The number of benzene rings is 2. The van der Waals surface area contributed by atoms with E-state index in [1.807, 2.05) is 0 Å². The number of phenolic OH excluding ortho intramolecular Hbond substituents is 2. The van der Waals surface area contributed by atoms with Gasteiger partial charge >= 0.3 is 0 Å². The summed E-state index contributed by atoms with van der Waals surface area (Å²) >= 11 is 0. The Morgan fingerprint density at radius 1 is 0.526 bits per heavy atom. The van der Waals surface area contributed by atoms with Crippen LogP contribution in [0.15, 0.2) is 24.3 Å². The van der Waals surface area contributed by atoms with Crippen molar-refractivity contribution >= 4 is 0 Å². The summed E-state index contributed by atoms with van der Waals surface area (Å²) in [6.07, 6.45) is 3.89. The molecule has 214 valence electrons. The summed E-state index contributed by atoms with van der Waals surface area (Å²) in [5.74, 6) is 0.832. The fourth-order valence-electron chi connectivity index (χ4n) is 5.28. The summed E-state index contributed by atoms with van der Waals surface area (Å²) in [6.45, 7) is 31.4. The highest BCUT2D eigenvalue weighted by atomic mass is 16.3. The van der Waals surface area contributed by atoms with Gasteiger partial charge in [0.1, 0.15) is 11.5 Å². The van der Waals surface area contributed by atoms with Gasteiger partial charge in [0.05, 0.1) is 0 Å². The Morgan fingerprint density at radius 3 is 1.05 bits per heavy atom. The summed E-state index contributed by atoms with van der Waals surface area (Å²) < 4.78 is 0. The second-order valence-corrected chi connectivity index (χ2v) is 14.6. The number of hydrogen-bond donors (Lipinski definition) is 2. The van der Waals surface area contributed by atoms with Crippen molar-refractivity contribution in [3.05, 3.63) is 57.6 Å². The quantitative estimate of drug-likeness (QED) is 0.308.